The number of thioether (sulfide) groups is 1. The first-order chi connectivity index (χ1) is 15.1. The molecule has 0 aliphatic rings. The van der Waals surface area contributed by atoms with Crippen molar-refractivity contribution in [2.24, 2.45) is 15.7 Å². The molecule has 0 unspecified atom stereocenters. The third-order valence-electron chi connectivity index (χ3n) is 4.90. The summed E-state index contributed by atoms with van der Waals surface area (Å²) in [6, 6.07) is 5.29. The number of nitrogens with two attached hydrogens (primary N) is 1. The van der Waals surface area contributed by atoms with Crippen molar-refractivity contribution in [3.63, 3.8) is 0 Å². The standard InChI is InChI=1S/C24H40Cl2N4S/c1-3-5-7-8-9-10-11-12-13-14-18-31-24(28-17-6-4-2)30-23(27)29-20-15-16-21(25)22(26)19-20/h15-16,19H,3-14,17-18H2,1-2H3,(H3,27,28,29,30). The predicted octanol–water partition coefficient (Wildman–Crippen LogP) is 8.53. The second-order valence-corrected chi connectivity index (χ2v) is 9.68. The third kappa shape index (κ3) is 14.7. The minimum atomic E-state index is 0.309. The normalized spacial score (nSPS) is 12.4. The Balaban J connectivity index is 2.37. The molecule has 7 heteroatoms. The van der Waals surface area contributed by atoms with Gasteiger partial charge in [-0.15, -0.1) is 0 Å². The van der Waals surface area contributed by atoms with E-state index in [1.54, 1.807) is 23.9 Å². The Labute approximate surface area is 203 Å². The molecule has 0 amide bonds. The first kappa shape index (κ1) is 28.1. The summed E-state index contributed by atoms with van der Waals surface area (Å²) in [6.45, 7) is 5.21. The van der Waals surface area contributed by atoms with Crippen LogP contribution in [0.25, 0.3) is 0 Å². The summed E-state index contributed by atoms with van der Waals surface area (Å²) in [6.07, 6.45) is 15.6. The van der Waals surface area contributed by atoms with Crippen LogP contribution in [-0.4, -0.2) is 23.4 Å². The van der Waals surface area contributed by atoms with E-state index in [0.29, 0.717) is 16.0 Å². The third-order valence-corrected chi connectivity index (χ3v) is 6.61. The number of unbranched alkanes of at least 4 members (excludes halogenated alkanes) is 10. The number of rotatable bonds is 15. The van der Waals surface area contributed by atoms with Crippen LogP contribution < -0.4 is 11.1 Å². The summed E-state index contributed by atoms with van der Waals surface area (Å²) in [7, 11) is 0. The molecule has 31 heavy (non-hydrogen) atoms. The molecular weight excluding hydrogens is 447 g/mol. The number of anilines is 1. The number of hydrogen-bond donors (Lipinski definition) is 2. The summed E-state index contributed by atoms with van der Waals surface area (Å²) < 4.78 is 0. The lowest BCUT2D eigenvalue weighted by atomic mass is 10.1. The van der Waals surface area contributed by atoms with Crippen molar-refractivity contribution in [3.8, 4) is 0 Å². The summed E-state index contributed by atoms with van der Waals surface area (Å²) in [5, 5.41) is 4.80. The van der Waals surface area contributed by atoms with Crippen molar-refractivity contribution < 1.29 is 0 Å². The number of halogens is 2. The Morgan fingerprint density at radius 2 is 1.48 bits per heavy atom. The van der Waals surface area contributed by atoms with E-state index in [-0.39, 0.29) is 0 Å². The number of amidine groups is 1. The van der Waals surface area contributed by atoms with Crippen LogP contribution in [0.15, 0.2) is 28.2 Å². The maximum absolute atomic E-state index is 6.10. The van der Waals surface area contributed by atoms with E-state index >= 15 is 0 Å². The lowest BCUT2D eigenvalue weighted by Gasteiger charge is -2.08. The highest BCUT2D eigenvalue weighted by molar-refractivity contribution is 8.13. The monoisotopic (exact) mass is 486 g/mol. The average molecular weight is 488 g/mol. The van der Waals surface area contributed by atoms with E-state index in [4.69, 9.17) is 28.9 Å². The van der Waals surface area contributed by atoms with Crippen LogP contribution in [0.3, 0.4) is 0 Å². The fourth-order valence-electron chi connectivity index (χ4n) is 3.05. The minimum Gasteiger partial charge on any atom is -0.369 e. The van der Waals surface area contributed by atoms with Gasteiger partial charge in [-0.05, 0) is 31.0 Å². The van der Waals surface area contributed by atoms with Crippen molar-refractivity contribution >= 4 is 51.8 Å². The lowest BCUT2D eigenvalue weighted by Crippen LogP contribution is -2.23. The summed E-state index contributed by atoms with van der Waals surface area (Å²) >= 11 is 13.7. The van der Waals surface area contributed by atoms with Gasteiger partial charge in [0.15, 0.2) is 11.1 Å². The highest BCUT2D eigenvalue weighted by Crippen LogP contribution is 2.25. The SMILES string of the molecule is CCCCCCCCCCCCSC(=NCCCC)/N=C(/N)Nc1ccc(Cl)c(Cl)c1. The number of guanidine groups is 1. The van der Waals surface area contributed by atoms with Crippen molar-refractivity contribution in [1.29, 1.82) is 0 Å². The minimum absolute atomic E-state index is 0.309. The highest BCUT2D eigenvalue weighted by Gasteiger charge is 2.04. The molecule has 0 saturated carbocycles. The van der Waals surface area contributed by atoms with Gasteiger partial charge >= 0.3 is 0 Å². The molecule has 1 aromatic carbocycles. The molecule has 0 radical (unpaired) electrons. The molecule has 0 bridgehead atoms. The van der Waals surface area contributed by atoms with Crippen LogP contribution in [-0.2, 0) is 0 Å². The van der Waals surface area contributed by atoms with Gasteiger partial charge < -0.3 is 11.1 Å². The Morgan fingerprint density at radius 1 is 0.871 bits per heavy atom. The summed E-state index contributed by atoms with van der Waals surface area (Å²) in [4.78, 5) is 9.13. The smallest absolute Gasteiger partial charge is 0.200 e. The molecule has 1 aromatic rings. The maximum atomic E-state index is 6.10. The van der Waals surface area contributed by atoms with E-state index in [0.717, 1.165) is 36.0 Å². The van der Waals surface area contributed by atoms with E-state index in [2.05, 4.69) is 29.1 Å². The Kier molecular flexibility index (Phi) is 16.9. The first-order valence-electron chi connectivity index (χ1n) is 11.8. The van der Waals surface area contributed by atoms with Gasteiger partial charge in [0, 0.05) is 18.0 Å². The molecule has 0 saturated heterocycles. The summed E-state index contributed by atoms with van der Waals surface area (Å²) in [5.41, 5.74) is 6.85. The fraction of sp³-hybridized carbons (Fsp3) is 0.667. The van der Waals surface area contributed by atoms with Gasteiger partial charge in [-0.2, -0.15) is 4.99 Å². The van der Waals surface area contributed by atoms with Crippen LogP contribution in [0.5, 0.6) is 0 Å². The second kappa shape index (κ2) is 18.6. The van der Waals surface area contributed by atoms with Gasteiger partial charge in [0.25, 0.3) is 0 Å². The average Bonchev–Trinajstić information content (AvgIpc) is 2.74. The zero-order valence-electron chi connectivity index (χ0n) is 19.3. The largest absolute Gasteiger partial charge is 0.369 e. The molecular formula is C24H40Cl2N4S. The number of aliphatic imine (C=N–C) groups is 2. The van der Waals surface area contributed by atoms with E-state index < -0.39 is 0 Å². The van der Waals surface area contributed by atoms with E-state index in [1.165, 1.54) is 64.2 Å². The van der Waals surface area contributed by atoms with Gasteiger partial charge in [-0.25, -0.2) is 0 Å². The van der Waals surface area contributed by atoms with Gasteiger partial charge in [-0.3, -0.25) is 4.99 Å². The first-order valence-corrected chi connectivity index (χ1v) is 13.5. The Hall–Kier alpha value is -0.910. The zero-order valence-corrected chi connectivity index (χ0v) is 21.6. The van der Waals surface area contributed by atoms with Gasteiger partial charge in [-0.1, -0.05) is 113 Å². The lowest BCUT2D eigenvalue weighted by molar-refractivity contribution is 0.563. The molecule has 0 aromatic heterocycles. The van der Waals surface area contributed by atoms with Crippen molar-refractivity contribution in [1.82, 2.24) is 0 Å². The van der Waals surface area contributed by atoms with Gasteiger partial charge in [0.2, 0.25) is 0 Å². The molecule has 0 atom stereocenters. The number of benzene rings is 1. The topological polar surface area (TPSA) is 62.8 Å². The Morgan fingerprint density at radius 3 is 2.10 bits per heavy atom. The predicted molar refractivity (Wildman–Crippen MR) is 143 cm³/mol. The van der Waals surface area contributed by atoms with Crippen LogP contribution in [0.1, 0.15) is 90.9 Å². The van der Waals surface area contributed by atoms with Crippen LogP contribution in [0.2, 0.25) is 10.0 Å². The van der Waals surface area contributed by atoms with Crippen LogP contribution in [0.4, 0.5) is 5.69 Å². The van der Waals surface area contributed by atoms with Gasteiger partial charge in [0.05, 0.1) is 10.0 Å². The molecule has 0 spiro atoms. The molecule has 0 aliphatic heterocycles. The van der Waals surface area contributed by atoms with E-state index in [1.807, 2.05) is 6.07 Å². The number of nitrogens with zero attached hydrogens (tertiary/aromatic N) is 2. The number of hydrogen-bond acceptors (Lipinski definition) is 2. The molecule has 176 valence electrons. The summed E-state index contributed by atoms with van der Waals surface area (Å²) in [5.74, 6) is 1.33. The molecule has 1 rings (SSSR count). The van der Waals surface area contributed by atoms with Crippen molar-refractivity contribution in [2.75, 3.05) is 17.6 Å². The quantitative estimate of drug-likeness (QED) is 0.148. The maximum Gasteiger partial charge on any atom is 0.200 e. The van der Waals surface area contributed by atoms with Crippen molar-refractivity contribution in [2.45, 2.75) is 90.9 Å². The second-order valence-electron chi connectivity index (χ2n) is 7.80. The fourth-order valence-corrected chi connectivity index (χ4v) is 4.23. The molecule has 0 fully saturated rings. The Bertz CT molecular complexity index is 665. The van der Waals surface area contributed by atoms with Crippen LogP contribution >= 0.6 is 35.0 Å². The van der Waals surface area contributed by atoms with Gasteiger partial charge in [0.1, 0.15) is 0 Å². The molecule has 0 aliphatic carbocycles. The van der Waals surface area contributed by atoms with Crippen molar-refractivity contribution in [3.05, 3.63) is 28.2 Å². The molecule has 0 heterocycles. The zero-order chi connectivity index (χ0) is 22.7. The number of nitrogens with one attached hydrogen (secondary N) is 1. The van der Waals surface area contributed by atoms with E-state index in [9.17, 15) is 0 Å². The molecule has 3 N–H and O–H groups in total. The highest BCUT2D eigenvalue weighted by atomic mass is 35.5. The molecule has 4 nitrogen and oxygen atoms in total. The van der Waals surface area contributed by atoms with Crippen LogP contribution in [0, 0.1) is 0 Å².